The summed E-state index contributed by atoms with van der Waals surface area (Å²) in [5, 5.41) is 12.7. The van der Waals surface area contributed by atoms with E-state index in [-0.39, 0.29) is 12.6 Å². The topological polar surface area (TPSA) is 105 Å². The predicted molar refractivity (Wildman–Crippen MR) is 98.1 cm³/mol. The number of nitrogens with zero attached hydrogens (tertiary/aromatic N) is 4. The van der Waals surface area contributed by atoms with Crippen molar-refractivity contribution < 1.29 is 14.0 Å². The average molecular weight is 368 g/mol. The molecule has 0 fully saturated rings. The number of anilines is 1. The highest BCUT2D eigenvalue weighted by Crippen LogP contribution is 2.17. The van der Waals surface area contributed by atoms with Gasteiger partial charge in [0.2, 0.25) is 0 Å². The maximum atomic E-state index is 12.2. The highest BCUT2D eigenvalue weighted by molar-refractivity contribution is 6.39. The van der Waals surface area contributed by atoms with E-state index in [2.05, 4.69) is 20.8 Å². The van der Waals surface area contributed by atoms with Crippen molar-refractivity contribution in [2.45, 2.75) is 6.04 Å². The molecular formula is C18H20N6O3. The molecule has 27 heavy (non-hydrogen) atoms. The fraction of sp³-hybridized carbons (Fsp3) is 0.222. The monoisotopic (exact) mass is 368 g/mol. The van der Waals surface area contributed by atoms with Crippen molar-refractivity contribution in [1.82, 2.24) is 25.0 Å². The first-order valence-electron chi connectivity index (χ1n) is 8.28. The molecule has 1 aromatic carbocycles. The fourth-order valence-electron chi connectivity index (χ4n) is 2.55. The van der Waals surface area contributed by atoms with Gasteiger partial charge in [-0.25, -0.2) is 0 Å². The number of nitrogens with one attached hydrogen (secondary N) is 2. The van der Waals surface area contributed by atoms with Gasteiger partial charge in [0.15, 0.2) is 0 Å². The summed E-state index contributed by atoms with van der Waals surface area (Å²) in [4.78, 5) is 26.3. The summed E-state index contributed by atoms with van der Waals surface area (Å²) in [5.41, 5.74) is 1.26. The molecule has 3 aromatic rings. The molecular weight excluding hydrogens is 348 g/mol. The van der Waals surface area contributed by atoms with Crippen LogP contribution in [0, 0.1) is 0 Å². The average Bonchev–Trinajstić information content (AvgIpc) is 3.36. The zero-order valence-corrected chi connectivity index (χ0v) is 15.0. The minimum absolute atomic E-state index is 0.172. The number of carbonyl (C=O) groups is 2. The van der Waals surface area contributed by atoms with Crippen LogP contribution in [0.1, 0.15) is 11.8 Å². The van der Waals surface area contributed by atoms with E-state index in [1.54, 1.807) is 47.8 Å². The number of carbonyl (C=O) groups excluding carboxylic acids is 2. The van der Waals surface area contributed by atoms with Crippen LogP contribution in [0.15, 0.2) is 59.7 Å². The van der Waals surface area contributed by atoms with E-state index in [0.717, 1.165) is 5.69 Å². The van der Waals surface area contributed by atoms with Gasteiger partial charge in [-0.3, -0.25) is 19.1 Å². The maximum Gasteiger partial charge on any atom is 0.313 e. The lowest BCUT2D eigenvalue weighted by molar-refractivity contribution is -0.136. The SMILES string of the molecule is CN(C)C(CNC(=O)C(=O)Nc1cccc(-n2cnnc2)c1)c1ccco1. The van der Waals surface area contributed by atoms with E-state index in [1.165, 1.54) is 0 Å². The van der Waals surface area contributed by atoms with Crippen molar-refractivity contribution >= 4 is 17.5 Å². The Labute approximate surface area is 156 Å². The number of aromatic nitrogens is 3. The first-order valence-corrected chi connectivity index (χ1v) is 8.28. The third-order valence-electron chi connectivity index (χ3n) is 3.98. The van der Waals surface area contributed by atoms with E-state index >= 15 is 0 Å². The number of amides is 2. The molecule has 0 spiro atoms. The van der Waals surface area contributed by atoms with Crippen molar-refractivity contribution in [3.8, 4) is 5.69 Å². The number of benzene rings is 1. The van der Waals surface area contributed by atoms with Gasteiger partial charge < -0.3 is 15.1 Å². The normalized spacial score (nSPS) is 12.0. The Kier molecular flexibility index (Phi) is 5.62. The molecule has 0 radical (unpaired) electrons. The van der Waals surface area contributed by atoms with E-state index in [1.807, 2.05) is 31.1 Å². The maximum absolute atomic E-state index is 12.2. The summed E-state index contributed by atoms with van der Waals surface area (Å²) < 4.78 is 7.08. The molecule has 2 N–H and O–H groups in total. The smallest absolute Gasteiger partial charge is 0.313 e. The van der Waals surface area contributed by atoms with Gasteiger partial charge in [0.05, 0.1) is 18.0 Å². The molecule has 2 aromatic heterocycles. The molecule has 1 atom stereocenters. The summed E-state index contributed by atoms with van der Waals surface area (Å²) >= 11 is 0. The Morgan fingerprint density at radius 2 is 1.93 bits per heavy atom. The van der Waals surface area contributed by atoms with Gasteiger partial charge in [0.25, 0.3) is 0 Å². The van der Waals surface area contributed by atoms with Crippen LogP contribution in [0.5, 0.6) is 0 Å². The van der Waals surface area contributed by atoms with Crippen LogP contribution in [-0.2, 0) is 9.59 Å². The van der Waals surface area contributed by atoms with Crippen LogP contribution in [0.2, 0.25) is 0 Å². The fourth-order valence-corrected chi connectivity index (χ4v) is 2.55. The van der Waals surface area contributed by atoms with E-state index in [0.29, 0.717) is 11.4 Å². The molecule has 9 heteroatoms. The van der Waals surface area contributed by atoms with Crippen LogP contribution in [0.3, 0.4) is 0 Å². The van der Waals surface area contributed by atoms with Crippen LogP contribution < -0.4 is 10.6 Å². The molecule has 2 heterocycles. The lowest BCUT2D eigenvalue weighted by Crippen LogP contribution is -2.40. The Morgan fingerprint density at radius 3 is 2.59 bits per heavy atom. The number of rotatable bonds is 6. The Bertz CT molecular complexity index is 890. The highest BCUT2D eigenvalue weighted by atomic mass is 16.3. The first-order chi connectivity index (χ1) is 13.0. The highest BCUT2D eigenvalue weighted by Gasteiger charge is 2.20. The van der Waals surface area contributed by atoms with E-state index < -0.39 is 11.8 Å². The first kappa shape index (κ1) is 18.3. The summed E-state index contributed by atoms with van der Waals surface area (Å²) in [6.07, 6.45) is 4.66. The number of furan rings is 1. The minimum Gasteiger partial charge on any atom is -0.468 e. The van der Waals surface area contributed by atoms with Gasteiger partial charge in [-0.1, -0.05) is 6.07 Å². The molecule has 0 saturated carbocycles. The standard InChI is InChI=1S/C18H20N6O3/c1-23(2)15(16-7-4-8-27-16)10-19-17(25)18(26)22-13-5-3-6-14(9-13)24-11-20-21-12-24/h3-9,11-12,15H,10H2,1-2H3,(H,19,25)(H,22,26). The second-order valence-electron chi connectivity index (χ2n) is 6.08. The molecule has 9 nitrogen and oxygen atoms in total. The lowest BCUT2D eigenvalue weighted by atomic mass is 10.2. The number of likely N-dealkylation sites (N-methyl/N-ethyl adjacent to an activating group) is 1. The lowest BCUT2D eigenvalue weighted by Gasteiger charge is -2.22. The van der Waals surface area contributed by atoms with Crippen molar-refractivity contribution in [1.29, 1.82) is 0 Å². The third-order valence-corrected chi connectivity index (χ3v) is 3.98. The number of hydrogen-bond acceptors (Lipinski definition) is 6. The third kappa shape index (κ3) is 4.59. The van der Waals surface area contributed by atoms with E-state index in [4.69, 9.17) is 4.42 Å². The summed E-state index contributed by atoms with van der Waals surface area (Å²) in [5.74, 6) is -0.752. The Morgan fingerprint density at radius 1 is 1.15 bits per heavy atom. The zero-order valence-electron chi connectivity index (χ0n) is 15.0. The second-order valence-corrected chi connectivity index (χ2v) is 6.08. The molecule has 3 rings (SSSR count). The quantitative estimate of drug-likeness (QED) is 0.634. The Balaban J connectivity index is 1.59. The van der Waals surface area contributed by atoms with Crippen molar-refractivity contribution in [2.75, 3.05) is 26.0 Å². The van der Waals surface area contributed by atoms with Crippen LogP contribution in [0.4, 0.5) is 5.69 Å². The van der Waals surface area contributed by atoms with Gasteiger partial charge in [-0.15, -0.1) is 10.2 Å². The molecule has 0 aliphatic heterocycles. The molecule has 1 unspecified atom stereocenters. The van der Waals surface area contributed by atoms with Gasteiger partial charge in [0, 0.05) is 12.2 Å². The van der Waals surface area contributed by atoms with Crippen LogP contribution >= 0.6 is 0 Å². The van der Waals surface area contributed by atoms with Gasteiger partial charge in [0.1, 0.15) is 18.4 Å². The molecule has 0 saturated heterocycles. The molecule has 0 aliphatic rings. The largest absolute Gasteiger partial charge is 0.468 e. The van der Waals surface area contributed by atoms with Crippen LogP contribution in [0.25, 0.3) is 5.69 Å². The second kappa shape index (κ2) is 8.28. The molecule has 0 bridgehead atoms. The number of hydrogen-bond donors (Lipinski definition) is 2. The van der Waals surface area contributed by atoms with Gasteiger partial charge in [-0.2, -0.15) is 0 Å². The minimum atomic E-state index is -0.743. The van der Waals surface area contributed by atoms with Crippen molar-refractivity contribution in [3.63, 3.8) is 0 Å². The molecule has 140 valence electrons. The summed E-state index contributed by atoms with van der Waals surface area (Å²) in [6.45, 7) is 0.244. The van der Waals surface area contributed by atoms with E-state index in [9.17, 15) is 9.59 Å². The van der Waals surface area contributed by atoms with Gasteiger partial charge >= 0.3 is 11.8 Å². The van der Waals surface area contributed by atoms with Gasteiger partial charge in [-0.05, 0) is 44.4 Å². The molecule has 0 aliphatic carbocycles. The van der Waals surface area contributed by atoms with Crippen LogP contribution in [-0.4, -0.2) is 52.1 Å². The zero-order chi connectivity index (χ0) is 19.2. The van der Waals surface area contributed by atoms with Crippen molar-refractivity contribution in [2.24, 2.45) is 0 Å². The predicted octanol–water partition coefficient (Wildman–Crippen LogP) is 1.22. The molecule has 2 amide bonds. The summed E-state index contributed by atoms with van der Waals surface area (Å²) in [6, 6.07) is 10.5. The Hall–Kier alpha value is -3.46. The summed E-state index contributed by atoms with van der Waals surface area (Å²) in [7, 11) is 3.74. The van der Waals surface area contributed by atoms with Crippen molar-refractivity contribution in [3.05, 3.63) is 61.1 Å².